The number of benzene rings is 2. The van der Waals surface area contributed by atoms with Gasteiger partial charge in [-0.05, 0) is 59.2 Å². The Hall–Kier alpha value is -2.46. The summed E-state index contributed by atoms with van der Waals surface area (Å²) < 4.78 is 0. The van der Waals surface area contributed by atoms with Crippen LogP contribution in [0.2, 0.25) is 0 Å². The molecule has 1 aliphatic heterocycles. The third kappa shape index (κ3) is 4.20. The Balaban J connectivity index is 1.36. The molecule has 0 radical (unpaired) electrons. The van der Waals surface area contributed by atoms with Crippen molar-refractivity contribution in [3.05, 3.63) is 70.3 Å². The van der Waals surface area contributed by atoms with E-state index in [9.17, 15) is 4.79 Å². The third-order valence-corrected chi connectivity index (χ3v) is 6.79. The van der Waals surface area contributed by atoms with Crippen molar-refractivity contribution in [1.29, 1.82) is 0 Å². The van der Waals surface area contributed by atoms with Gasteiger partial charge in [0, 0.05) is 18.5 Å². The molecule has 1 amide bonds. The molecule has 2 atom stereocenters. The highest BCUT2D eigenvalue weighted by atomic mass is 16.2. The average Bonchev–Trinajstić information content (AvgIpc) is 3.40. The molecule has 1 aliphatic carbocycles. The smallest absolute Gasteiger partial charge is 0.244 e. The summed E-state index contributed by atoms with van der Waals surface area (Å²) in [5, 5.41) is 4.24. The second kappa shape index (κ2) is 7.66. The van der Waals surface area contributed by atoms with Crippen LogP contribution in [0.3, 0.4) is 0 Å². The number of nitrogens with zero attached hydrogens (tertiary/aromatic N) is 2. The number of carbonyl (C=O) groups is 1. The molecular formula is C26H33N3O. The van der Waals surface area contributed by atoms with Crippen molar-refractivity contribution >= 4 is 12.1 Å². The first-order valence-corrected chi connectivity index (χ1v) is 10.9. The van der Waals surface area contributed by atoms with Gasteiger partial charge in [-0.25, -0.2) is 5.43 Å². The van der Waals surface area contributed by atoms with E-state index >= 15 is 0 Å². The molecule has 1 saturated carbocycles. The van der Waals surface area contributed by atoms with Crippen LogP contribution >= 0.6 is 0 Å². The summed E-state index contributed by atoms with van der Waals surface area (Å²) in [6.07, 6.45) is 3.69. The van der Waals surface area contributed by atoms with Crippen LogP contribution in [0.4, 0.5) is 0 Å². The maximum absolute atomic E-state index is 12.6. The quantitative estimate of drug-likeness (QED) is 0.607. The number of amides is 1. The lowest BCUT2D eigenvalue weighted by Gasteiger charge is -2.25. The first-order valence-electron chi connectivity index (χ1n) is 10.9. The van der Waals surface area contributed by atoms with Crippen LogP contribution in [0.15, 0.2) is 47.6 Å². The minimum absolute atomic E-state index is 0.00762. The van der Waals surface area contributed by atoms with Gasteiger partial charge in [0.1, 0.15) is 0 Å². The van der Waals surface area contributed by atoms with E-state index in [1.54, 1.807) is 6.21 Å². The van der Waals surface area contributed by atoms with E-state index in [4.69, 9.17) is 0 Å². The van der Waals surface area contributed by atoms with E-state index < -0.39 is 0 Å². The van der Waals surface area contributed by atoms with Crippen LogP contribution in [0.25, 0.3) is 0 Å². The standard InChI is InChI=1S/C26H33N3O/c1-25(2,3)21-8-10-22(11-9-21)26(4)15-23(26)24(30)28-27-16-18-6-7-20-17-29(5)13-12-19(20)14-18/h6-11,14,16,23H,12-13,15,17H2,1-5H3,(H,28,30)/b27-16+. The van der Waals surface area contributed by atoms with Crippen LogP contribution in [0, 0.1) is 5.92 Å². The Morgan fingerprint density at radius 2 is 1.90 bits per heavy atom. The Morgan fingerprint density at radius 3 is 2.60 bits per heavy atom. The van der Waals surface area contributed by atoms with Gasteiger partial charge in [-0.2, -0.15) is 5.10 Å². The van der Waals surface area contributed by atoms with Crippen molar-refractivity contribution in [2.75, 3.05) is 13.6 Å². The van der Waals surface area contributed by atoms with Crippen LogP contribution in [0.5, 0.6) is 0 Å². The Morgan fingerprint density at radius 1 is 1.17 bits per heavy atom. The highest BCUT2D eigenvalue weighted by Crippen LogP contribution is 2.54. The van der Waals surface area contributed by atoms with Crippen molar-refractivity contribution < 1.29 is 4.79 Å². The van der Waals surface area contributed by atoms with E-state index in [0.29, 0.717) is 0 Å². The number of nitrogens with one attached hydrogen (secondary N) is 1. The maximum Gasteiger partial charge on any atom is 0.244 e. The summed E-state index contributed by atoms with van der Waals surface area (Å²) >= 11 is 0. The minimum atomic E-state index is -0.0894. The fraction of sp³-hybridized carbons (Fsp3) is 0.462. The predicted molar refractivity (Wildman–Crippen MR) is 123 cm³/mol. The molecule has 0 saturated heterocycles. The van der Waals surface area contributed by atoms with E-state index in [1.807, 2.05) is 0 Å². The zero-order valence-corrected chi connectivity index (χ0v) is 18.8. The SMILES string of the molecule is CN1CCc2cc(/C=N/NC(=O)C3CC3(C)c3ccc(C(C)(C)C)cc3)ccc2C1. The van der Waals surface area contributed by atoms with Gasteiger partial charge < -0.3 is 4.90 Å². The Kier molecular flexibility index (Phi) is 5.31. The number of likely N-dealkylation sites (N-methyl/N-ethyl adjacent to an activating group) is 1. The second-order valence-electron chi connectivity index (χ2n) is 10.3. The van der Waals surface area contributed by atoms with E-state index in [1.165, 1.54) is 22.3 Å². The molecule has 158 valence electrons. The molecule has 4 rings (SSSR count). The van der Waals surface area contributed by atoms with Gasteiger partial charge in [0.15, 0.2) is 0 Å². The first kappa shape index (κ1) is 20.8. The molecule has 0 spiro atoms. The largest absolute Gasteiger partial charge is 0.302 e. The zero-order valence-electron chi connectivity index (χ0n) is 18.8. The highest BCUT2D eigenvalue weighted by molar-refractivity contribution is 5.86. The molecular weight excluding hydrogens is 370 g/mol. The lowest BCUT2D eigenvalue weighted by atomic mass is 9.85. The summed E-state index contributed by atoms with van der Waals surface area (Å²) in [6, 6.07) is 15.2. The van der Waals surface area contributed by atoms with E-state index in [2.05, 4.69) is 92.6 Å². The predicted octanol–water partition coefficient (Wildman–Crippen LogP) is 4.40. The molecule has 4 nitrogen and oxygen atoms in total. The Labute approximate surface area is 180 Å². The first-order chi connectivity index (χ1) is 14.2. The molecule has 4 heteroatoms. The summed E-state index contributed by atoms with van der Waals surface area (Å²) in [5.74, 6) is -0.0116. The zero-order chi connectivity index (χ0) is 21.5. The van der Waals surface area contributed by atoms with Crippen LogP contribution < -0.4 is 5.43 Å². The van der Waals surface area contributed by atoms with Gasteiger partial charge in [0.25, 0.3) is 0 Å². The number of hydrogen-bond donors (Lipinski definition) is 1. The molecule has 30 heavy (non-hydrogen) atoms. The van der Waals surface area contributed by atoms with Crippen LogP contribution in [-0.4, -0.2) is 30.6 Å². The molecule has 0 aromatic heterocycles. The molecule has 2 aromatic rings. The van der Waals surface area contributed by atoms with E-state index in [0.717, 1.165) is 31.5 Å². The van der Waals surface area contributed by atoms with Crippen molar-refractivity contribution in [1.82, 2.24) is 10.3 Å². The topological polar surface area (TPSA) is 44.7 Å². The van der Waals surface area contributed by atoms with E-state index in [-0.39, 0.29) is 22.7 Å². The number of fused-ring (bicyclic) bond motifs is 1. The van der Waals surface area contributed by atoms with Gasteiger partial charge in [-0.3, -0.25) is 4.79 Å². The monoisotopic (exact) mass is 403 g/mol. The van der Waals surface area contributed by atoms with Crippen LogP contribution in [0.1, 0.15) is 61.9 Å². The Bertz CT molecular complexity index is 971. The molecule has 1 fully saturated rings. The molecule has 2 unspecified atom stereocenters. The fourth-order valence-corrected chi connectivity index (χ4v) is 4.46. The second-order valence-corrected chi connectivity index (χ2v) is 10.3. The van der Waals surface area contributed by atoms with Gasteiger partial charge >= 0.3 is 0 Å². The number of carbonyl (C=O) groups excluding carboxylic acids is 1. The lowest BCUT2D eigenvalue weighted by Crippen LogP contribution is -2.26. The molecule has 2 aliphatic rings. The summed E-state index contributed by atoms with van der Waals surface area (Å²) in [6.45, 7) is 10.9. The number of hydrogen-bond acceptors (Lipinski definition) is 3. The van der Waals surface area contributed by atoms with Gasteiger partial charge in [-0.15, -0.1) is 0 Å². The highest BCUT2D eigenvalue weighted by Gasteiger charge is 2.55. The summed E-state index contributed by atoms with van der Waals surface area (Å²) in [4.78, 5) is 15.0. The average molecular weight is 404 g/mol. The third-order valence-electron chi connectivity index (χ3n) is 6.79. The minimum Gasteiger partial charge on any atom is -0.302 e. The fourth-order valence-electron chi connectivity index (χ4n) is 4.46. The molecule has 1 heterocycles. The molecule has 2 aromatic carbocycles. The maximum atomic E-state index is 12.6. The van der Waals surface area contributed by atoms with Crippen molar-refractivity contribution in [3.8, 4) is 0 Å². The van der Waals surface area contributed by atoms with Gasteiger partial charge in [-0.1, -0.05) is 64.1 Å². The van der Waals surface area contributed by atoms with Crippen molar-refractivity contribution in [3.63, 3.8) is 0 Å². The molecule has 0 bridgehead atoms. The number of hydrazone groups is 1. The number of rotatable bonds is 4. The van der Waals surface area contributed by atoms with Crippen molar-refractivity contribution in [2.24, 2.45) is 11.0 Å². The molecule has 1 N–H and O–H groups in total. The normalized spacial score (nSPS) is 24.0. The van der Waals surface area contributed by atoms with Gasteiger partial charge in [0.2, 0.25) is 5.91 Å². The summed E-state index contributed by atoms with van der Waals surface area (Å²) in [7, 11) is 2.15. The van der Waals surface area contributed by atoms with Crippen LogP contribution in [-0.2, 0) is 28.6 Å². The lowest BCUT2D eigenvalue weighted by molar-refractivity contribution is -0.122. The summed E-state index contributed by atoms with van der Waals surface area (Å²) in [5.41, 5.74) is 9.17. The van der Waals surface area contributed by atoms with Crippen molar-refractivity contribution in [2.45, 2.75) is 57.9 Å². The van der Waals surface area contributed by atoms with Gasteiger partial charge in [0.05, 0.1) is 12.1 Å².